The Morgan fingerprint density at radius 2 is 1.35 bits per heavy atom. The summed E-state index contributed by atoms with van der Waals surface area (Å²) in [5.74, 6) is 5.38. The average molecular weight is 481 g/mol. The molecule has 0 saturated heterocycles. The first-order valence-electron chi connectivity index (χ1n) is 14.4. The number of hydrogen-bond donors (Lipinski definition) is 1. The van der Waals surface area contributed by atoms with Gasteiger partial charge in [0.05, 0.1) is 5.41 Å². The Balaban J connectivity index is 1.28. The van der Waals surface area contributed by atoms with Crippen LogP contribution >= 0.6 is 0 Å². The van der Waals surface area contributed by atoms with Crippen LogP contribution in [-0.4, -0.2) is 17.5 Å². The van der Waals surface area contributed by atoms with Crippen LogP contribution in [0.25, 0.3) is 0 Å². The summed E-state index contributed by atoms with van der Waals surface area (Å²) >= 11 is 0. The van der Waals surface area contributed by atoms with Crippen molar-refractivity contribution in [3.05, 3.63) is 0 Å². The van der Waals surface area contributed by atoms with Gasteiger partial charge < -0.3 is 0 Å². The summed E-state index contributed by atoms with van der Waals surface area (Å²) in [5, 5.41) is 10.4. The number of alkyl halides is 3. The lowest BCUT2D eigenvalue weighted by atomic mass is 9.44. The maximum absolute atomic E-state index is 15.4. The van der Waals surface area contributed by atoms with Crippen molar-refractivity contribution in [3.63, 3.8) is 0 Å². The van der Waals surface area contributed by atoms with Crippen LogP contribution in [0, 0.1) is 87.8 Å². The Hall–Kier alpha value is -0.290. The van der Waals surface area contributed by atoms with Crippen LogP contribution in [-0.2, 0) is 4.89 Å². The normalized spacial score (nSPS) is 58.1. The third-order valence-electron chi connectivity index (χ3n) is 13.8. The molecule has 0 spiro atoms. The maximum atomic E-state index is 15.4. The SMILES string of the molecule is CC1C(C)C2CC1C1C3CC(C21)C(C(OO)C(C)(C)C1C2CC4CC(C2)CC1C4)(C(F)(F)F)C3. The fourth-order valence-electron chi connectivity index (χ4n) is 13.3. The Morgan fingerprint density at radius 1 is 0.794 bits per heavy atom. The molecule has 0 amide bonds. The molecule has 8 aliphatic carbocycles. The van der Waals surface area contributed by atoms with Gasteiger partial charge in [0.1, 0.15) is 6.10 Å². The zero-order valence-corrected chi connectivity index (χ0v) is 21.2. The minimum atomic E-state index is -4.36. The van der Waals surface area contributed by atoms with Crippen LogP contribution in [0.3, 0.4) is 0 Å². The molecule has 1 N–H and O–H groups in total. The fourth-order valence-corrected chi connectivity index (χ4v) is 13.3. The third-order valence-corrected chi connectivity index (χ3v) is 13.8. The highest BCUT2D eigenvalue weighted by Gasteiger charge is 2.79. The zero-order valence-electron chi connectivity index (χ0n) is 21.2. The molecule has 8 aliphatic rings. The highest BCUT2D eigenvalue weighted by molar-refractivity contribution is 5.22. The second-order valence-electron chi connectivity index (χ2n) is 15.0. The van der Waals surface area contributed by atoms with Crippen LogP contribution in [0.15, 0.2) is 0 Å². The number of hydrogen-bond acceptors (Lipinski definition) is 2. The molecule has 192 valence electrons. The first-order valence-corrected chi connectivity index (χ1v) is 14.4. The van der Waals surface area contributed by atoms with Gasteiger partial charge in [-0.15, -0.1) is 0 Å². The standard InChI is InChI=1S/C29H43F3O2/c1-13-14(2)21-11-20(13)23-19-10-22(24(21)23)28(12-19,29(30,31)32)26(34-33)27(3,4)25-17-6-15-5-16(8-17)9-18(25)7-15/h13-26,33H,5-12H2,1-4H3. The van der Waals surface area contributed by atoms with E-state index in [1.807, 2.05) is 13.8 Å². The first kappa shape index (κ1) is 22.9. The molecule has 8 saturated carbocycles. The summed E-state index contributed by atoms with van der Waals surface area (Å²) in [6, 6.07) is 0. The van der Waals surface area contributed by atoms with Gasteiger partial charge in [0, 0.05) is 0 Å². The molecule has 0 aromatic heterocycles. The lowest BCUT2D eigenvalue weighted by Gasteiger charge is -2.62. The molecule has 10 unspecified atom stereocenters. The second-order valence-corrected chi connectivity index (χ2v) is 15.0. The maximum Gasteiger partial charge on any atom is 0.397 e. The minimum Gasteiger partial charge on any atom is -0.251 e. The van der Waals surface area contributed by atoms with Gasteiger partial charge in [0.25, 0.3) is 0 Å². The van der Waals surface area contributed by atoms with E-state index < -0.39 is 23.1 Å². The highest BCUT2D eigenvalue weighted by atomic mass is 19.4. The molecule has 0 aromatic rings. The van der Waals surface area contributed by atoms with Crippen molar-refractivity contribution in [2.45, 2.75) is 91.3 Å². The van der Waals surface area contributed by atoms with Crippen molar-refractivity contribution in [1.29, 1.82) is 0 Å². The van der Waals surface area contributed by atoms with E-state index in [9.17, 15) is 5.26 Å². The predicted octanol–water partition coefficient (Wildman–Crippen LogP) is 7.69. The average Bonchev–Trinajstić information content (AvgIpc) is 3.46. The van der Waals surface area contributed by atoms with E-state index in [1.54, 1.807) is 0 Å². The molecule has 10 atom stereocenters. The van der Waals surface area contributed by atoms with Crippen LogP contribution < -0.4 is 0 Å². The third kappa shape index (κ3) is 2.58. The van der Waals surface area contributed by atoms with E-state index in [0.29, 0.717) is 47.8 Å². The molecule has 0 heterocycles. The van der Waals surface area contributed by atoms with E-state index in [4.69, 9.17) is 4.89 Å². The summed E-state index contributed by atoms with van der Waals surface area (Å²) in [6.45, 7) is 8.68. The lowest BCUT2D eigenvalue weighted by Crippen LogP contribution is -2.64. The fraction of sp³-hybridized carbons (Fsp3) is 1.00. The van der Waals surface area contributed by atoms with Gasteiger partial charge in [-0.2, -0.15) is 13.2 Å². The molecule has 0 aliphatic heterocycles. The van der Waals surface area contributed by atoms with Gasteiger partial charge in [-0.1, -0.05) is 27.7 Å². The summed E-state index contributed by atoms with van der Waals surface area (Å²) in [4.78, 5) is 5.19. The van der Waals surface area contributed by atoms with Gasteiger partial charge in [-0.3, -0.25) is 5.26 Å². The Kier molecular flexibility index (Phi) is 4.69. The Labute approximate surface area is 202 Å². The zero-order chi connectivity index (χ0) is 23.9. The van der Waals surface area contributed by atoms with Crippen molar-refractivity contribution in [2.24, 2.45) is 87.8 Å². The second kappa shape index (κ2) is 6.97. The van der Waals surface area contributed by atoms with Gasteiger partial charge >= 0.3 is 6.18 Å². The van der Waals surface area contributed by atoms with Crippen LogP contribution in [0.2, 0.25) is 0 Å². The minimum absolute atomic E-state index is 0.147. The van der Waals surface area contributed by atoms with E-state index in [-0.39, 0.29) is 30.1 Å². The van der Waals surface area contributed by atoms with Gasteiger partial charge in [0.15, 0.2) is 0 Å². The van der Waals surface area contributed by atoms with Crippen molar-refractivity contribution in [2.75, 3.05) is 0 Å². The molecule has 2 nitrogen and oxygen atoms in total. The Bertz CT molecular complexity index is 825. The molecule has 8 fully saturated rings. The number of rotatable bonds is 4. The quantitative estimate of drug-likeness (QED) is 0.254. The lowest BCUT2D eigenvalue weighted by molar-refractivity contribution is -0.393. The van der Waals surface area contributed by atoms with E-state index in [0.717, 1.165) is 18.3 Å². The van der Waals surface area contributed by atoms with E-state index >= 15 is 13.2 Å². The molecule has 0 aromatic carbocycles. The largest absolute Gasteiger partial charge is 0.397 e. The van der Waals surface area contributed by atoms with E-state index in [2.05, 4.69) is 13.8 Å². The molecular weight excluding hydrogens is 437 g/mol. The van der Waals surface area contributed by atoms with E-state index in [1.165, 1.54) is 32.1 Å². The topological polar surface area (TPSA) is 29.5 Å². The predicted molar refractivity (Wildman–Crippen MR) is 123 cm³/mol. The molecule has 5 heteroatoms. The van der Waals surface area contributed by atoms with Crippen LogP contribution in [0.1, 0.15) is 79.1 Å². The summed E-state index contributed by atoms with van der Waals surface area (Å²) in [5.41, 5.74) is -2.59. The number of halogens is 3. The van der Waals surface area contributed by atoms with Gasteiger partial charge in [-0.05, 0) is 134 Å². The molecular formula is C29H43F3O2. The Morgan fingerprint density at radius 3 is 1.88 bits per heavy atom. The van der Waals surface area contributed by atoms with Gasteiger partial charge in [-0.25, -0.2) is 4.89 Å². The van der Waals surface area contributed by atoms with Gasteiger partial charge in [0.2, 0.25) is 0 Å². The number of fused-ring (bicyclic) bond motifs is 9. The highest BCUT2D eigenvalue weighted by Crippen LogP contribution is 2.78. The van der Waals surface area contributed by atoms with Crippen molar-refractivity contribution in [1.82, 2.24) is 0 Å². The summed E-state index contributed by atoms with van der Waals surface area (Å²) in [6.07, 6.45) is 2.51. The summed E-state index contributed by atoms with van der Waals surface area (Å²) in [7, 11) is 0. The molecule has 0 radical (unpaired) electrons. The molecule has 34 heavy (non-hydrogen) atoms. The molecule has 8 rings (SSSR count). The van der Waals surface area contributed by atoms with Crippen LogP contribution in [0.5, 0.6) is 0 Å². The first-order chi connectivity index (χ1) is 16.0. The smallest absolute Gasteiger partial charge is 0.251 e. The summed E-state index contributed by atoms with van der Waals surface area (Å²) < 4.78 is 46.3. The molecule has 8 bridgehead atoms. The van der Waals surface area contributed by atoms with Crippen molar-refractivity contribution >= 4 is 0 Å². The van der Waals surface area contributed by atoms with Crippen molar-refractivity contribution in [3.8, 4) is 0 Å². The van der Waals surface area contributed by atoms with Crippen molar-refractivity contribution < 1.29 is 23.3 Å². The van der Waals surface area contributed by atoms with Crippen LogP contribution in [0.4, 0.5) is 13.2 Å². The monoisotopic (exact) mass is 480 g/mol.